The molecule has 0 aromatic heterocycles. The van der Waals surface area contributed by atoms with Crippen LogP contribution >= 0.6 is 27.7 Å². The molecule has 0 spiro atoms. The SMILES string of the molecule is O=C(CSC1CCc2ccccc2NC1=O)Nc1cccc(Br)c1. The molecule has 2 aromatic rings. The molecule has 1 atom stereocenters. The Morgan fingerprint density at radius 2 is 2.08 bits per heavy atom. The van der Waals surface area contributed by atoms with Gasteiger partial charge in [0.05, 0.1) is 11.0 Å². The van der Waals surface area contributed by atoms with Gasteiger partial charge in [-0.1, -0.05) is 40.2 Å². The van der Waals surface area contributed by atoms with Gasteiger partial charge >= 0.3 is 0 Å². The minimum atomic E-state index is -0.217. The molecule has 0 saturated carbocycles. The fourth-order valence-electron chi connectivity index (χ4n) is 2.59. The van der Waals surface area contributed by atoms with Crippen molar-refractivity contribution in [3.8, 4) is 0 Å². The van der Waals surface area contributed by atoms with Crippen LogP contribution in [0.15, 0.2) is 53.0 Å². The fraction of sp³-hybridized carbons (Fsp3) is 0.222. The summed E-state index contributed by atoms with van der Waals surface area (Å²) in [4.78, 5) is 24.4. The molecule has 0 bridgehead atoms. The molecular weight excluding hydrogens is 388 g/mol. The van der Waals surface area contributed by atoms with Gasteiger partial charge in [0.25, 0.3) is 0 Å². The molecule has 1 heterocycles. The molecule has 124 valence electrons. The Morgan fingerprint density at radius 1 is 1.25 bits per heavy atom. The molecule has 1 aliphatic heterocycles. The lowest BCUT2D eigenvalue weighted by Gasteiger charge is -2.13. The average molecular weight is 405 g/mol. The van der Waals surface area contributed by atoms with Gasteiger partial charge < -0.3 is 10.6 Å². The zero-order valence-corrected chi connectivity index (χ0v) is 15.3. The van der Waals surface area contributed by atoms with Crippen molar-refractivity contribution in [2.45, 2.75) is 18.1 Å². The molecule has 24 heavy (non-hydrogen) atoms. The molecular formula is C18H17BrN2O2S. The maximum absolute atomic E-state index is 12.3. The average Bonchev–Trinajstić information content (AvgIpc) is 2.71. The number of aryl methyl sites for hydroxylation is 1. The number of para-hydroxylation sites is 1. The van der Waals surface area contributed by atoms with Crippen LogP contribution in [0.1, 0.15) is 12.0 Å². The van der Waals surface area contributed by atoms with Gasteiger partial charge in [0.15, 0.2) is 0 Å². The number of rotatable bonds is 4. The second-order valence-electron chi connectivity index (χ2n) is 5.54. The number of halogens is 1. The van der Waals surface area contributed by atoms with Gasteiger partial charge in [0.1, 0.15) is 0 Å². The highest BCUT2D eigenvalue weighted by Crippen LogP contribution is 2.27. The number of nitrogens with one attached hydrogen (secondary N) is 2. The third-order valence-electron chi connectivity index (χ3n) is 3.77. The third-order valence-corrected chi connectivity index (χ3v) is 5.54. The van der Waals surface area contributed by atoms with Gasteiger partial charge in [-0.15, -0.1) is 11.8 Å². The van der Waals surface area contributed by atoms with Gasteiger partial charge in [0, 0.05) is 15.8 Å². The van der Waals surface area contributed by atoms with Crippen LogP contribution in [-0.4, -0.2) is 22.8 Å². The first-order chi connectivity index (χ1) is 11.6. The maximum Gasteiger partial charge on any atom is 0.237 e. The van der Waals surface area contributed by atoms with Crippen molar-refractivity contribution >= 4 is 50.9 Å². The van der Waals surface area contributed by atoms with E-state index in [-0.39, 0.29) is 22.8 Å². The second kappa shape index (κ2) is 7.85. The maximum atomic E-state index is 12.3. The number of carbonyl (C=O) groups is 2. The minimum absolute atomic E-state index is 0.0276. The molecule has 4 nitrogen and oxygen atoms in total. The van der Waals surface area contributed by atoms with Crippen LogP contribution in [0.4, 0.5) is 11.4 Å². The van der Waals surface area contributed by atoms with E-state index in [0.29, 0.717) is 0 Å². The molecule has 0 radical (unpaired) electrons. The number of benzene rings is 2. The lowest BCUT2D eigenvalue weighted by molar-refractivity contribution is -0.115. The van der Waals surface area contributed by atoms with Crippen LogP contribution in [-0.2, 0) is 16.0 Å². The topological polar surface area (TPSA) is 58.2 Å². The Hall–Kier alpha value is -1.79. The zero-order valence-electron chi connectivity index (χ0n) is 12.9. The van der Waals surface area contributed by atoms with Gasteiger partial charge in [-0.2, -0.15) is 0 Å². The molecule has 2 amide bonds. The minimum Gasteiger partial charge on any atom is -0.325 e. The lowest BCUT2D eigenvalue weighted by Crippen LogP contribution is -2.26. The normalized spacial score (nSPS) is 16.7. The van der Waals surface area contributed by atoms with Crippen LogP contribution in [0.2, 0.25) is 0 Å². The Balaban J connectivity index is 1.55. The molecule has 1 aliphatic rings. The molecule has 0 aliphatic carbocycles. The molecule has 3 rings (SSSR count). The van der Waals surface area contributed by atoms with E-state index < -0.39 is 0 Å². The summed E-state index contributed by atoms with van der Waals surface area (Å²) in [6.07, 6.45) is 1.57. The summed E-state index contributed by atoms with van der Waals surface area (Å²) in [5, 5.41) is 5.59. The summed E-state index contributed by atoms with van der Waals surface area (Å²) in [6, 6.07) is 15.3. The van der Waals surface area contributed by atoms with Crippen LogP contribution in [0.3, 0.4) is 0 Å². The molecule has 1 unspecified atom stereocenters. The van der Waals surface area contributed by atoms with E-state index in [1.165, 1.54) is 11.8 Å². The van der Waals surface area contributed by atoms with Crippen LogP contribution in [0.25, 0.3) is 0 Å². The highest BCUT2D eigenvalue weighted by molar-refractivity contribution is 9.10. The van der Waals surface area contributed by atoms with E-state index in [4.69, 9.17) is 0 Å². The van der Waals surface area contributed by atoms with E-state index in [9.17, 15) is 9.59 Å². The number of fused-ring (bicyclic) bond motifs is 1. The molecule has 0 fully saturated rings. The van der Waals surface area contributed by atoms with Crippen molar-refractivity contribution in [1.82, 2.24) is 0 Å². The quantitative estimate of drug-likeness (QED) is 0.806. The van der Waals surface area contributed by atoms with E-state index in [1.54, 1.807) is 0 Å². The molecule has 2 aromatic carbocycles. The van der Waals surface area contributed by atoms with Gasteiger partial charge in [-0.05, 0) is 42.7 Å². The number of anilines is 2. The molecule has 0 saturated heterocycles. The summed E-state index contributed by atoms with van der Waals surface area (Å²) in [5.74, 6) is 0.119. The van der Waals surface area contributed by atoms with Crippen LogP contribution in [0, 0.1) is 0 Å². The summed E-state index contributed by atoms with van der Waals surface area (Å²) < 4.78 is 0.911. The highest BCUT2D eigenvalue weighted by atomic mass is 79.9. The highest BCUT2D eigenvalue weighted by Gasteiger charge is 2.24. The molecule has 6 heteroatoms. The number of amides is 2. The van der Waals surface area contributed by atoms with E-state index in [0.717, 1.165) is 34.3 Å². The summed E-state index contributed by atoms with van der Waals surface area (Å²) in [5.41, 5.74) is 2.77. The number of carbonyl (C=O) groups excluding carboxylic acids is 2. The summed E-state index contributed by atoms with van der Waals surface area (Å²) >= 11 is 4.76. The number of hydrogen-bond acceptors (Lipinski definition) is 3. The van der Waals surface area contributed by atoms with Crippen molar-refractivity contribution in [2.24, 2.45) is 0 Å². The van der Waals surface area contributed by atoms with Crippen molar-refractivity contribution in [2.75, 3.05) is 16.4 Å². The van der Waals surface area contributed by atoms with Crippen molar-refractivity contribution in [1.29, 1.82) is 0 Å². The lowest BCUT2D eigenvalue weighted by atomic mass is 10.1. The van der Waals surface area contributed by atoms with Crippen LogP contribution in [0.5, 0.6) is 0 Å². The van der Waals surface area contributed by atoms with Crippen molar-refractivity contribution < 1.29 is 9.59 Å². The van der Waals surface area contributed by atoms with Crippen molar-refractivity contribution in [3.63, 3.8) is 0 Å². The smallest absolute Gasteiger partial charge is 0.237 e. The predicted molar refractivity (Wildman–Crippen MR) is 102 cm³/mol. The van der Waals surface area contributed by atoms with Gasteiger partial charge in [0.2, 0.25) is 11.8 Å². The first-order valence-corrected chi connectivity index (χ1v) is 9.52. The third kappa shape index (κ3) is 4.39. The Bertz CT molecular complexity index is 766. The standard InChI is InChI=1S/C18H17BrN2O2S/c19-13-5-3-6-14(10-13)20-17(22)11-24-16-9-8-12-4-1-2-7-15(12)21-18(16)23/h1-7,10,16H,8-9,11H2,(H,20,22)(H,21,23). The largest absolute Gasteiger partial charge is 0.325 e. The fourth-order valence-corrected chi connectivity index (χ4v) is 3.91. The van der Waals surface area contributed by atoms with E-state index >= 15 is 0 Å². The zero-order chi connectivity index (χ0) is 16.9. The first kappa shape index (κ1) is 17.0. The summed E-state index contributed by atoms with van der Waals surface area (Å²) in [6.45, 7) is 0. The summed E-state index contributed by atoms with van der Waals surface area (Å²) in [7, 11) is 0. The van der Waals surface area contributed by atoms with Gasteiger partial charge in [-0.25, -0.2) is 0 Å². The van der Waals surface area contributed by atoms with E-state index in [2.05, 4.69) is 26.6 Å². The number of hydrogen-bond donors (Lipinski definition) is 2. The van der Waals surface area contributed by atoms with Crippen molar-refractivity contribution in [3.05, 3.63) is 58.6 Å². The van der Waals surface area contributed by atoms with Crippen LogP contribution < -0.4 is 10.6 Å². The Kier molecular flexibility index (Phi) is 5.58. The Labute approximate surface area is 153 Å². The van der Waals surface area contributed by atoms with Gasteiger partial charge in [-0.3, -0.25) is 9.59 Å². The monoisotopic (exact) mass is 404 g/mol. The van der Waals surface area contributed by atoms with E-state index in [1.807, 2.05) is 48.5 Å². The number of thioether (sulfide) groups is 1. The second-order valence-corrected chi connectivity index (χ2v) is 7.65. The Morgan fingerprint density at radius 3 is 2.92 bits per heavy atom. The first-order valence-electron chi connectivity index (χ1n) is 7.67. The molecule has 2 N–H and O–H groups in total. The predicted octanol–water partition coefficient (Wildman–Crippen LogP) is 4.07.